The Morgan fingerprint density at radius 3 is 2.43 bits per heavy atom. The van der Waals surface area contributed by atoms with Gasteiger partial charge in [-0.3, -0.25) is 20.2 Å². The topological polar surface area (TPSA) is 111 Å². The van der Waals surface area contributed by atoms with Gasteiger partial charge >= 0.3 is 6.03 Å². The van der Waals surface area contributed by atoms with Crippen LogP contribution in [0.15, 0.2) is 11.3 Å². The molecule has 0 atom stereocenters. The number of unbranched alkanes of at least 4 members (excludes halogenated alkanes) is 1. The minimum absolute atomic E-state index is 0.202. The molecule has 8 heteroatoms. The van der Waals surface area contributed by atoms with E-state index in [1.54, 1.807) is 13.0 Å². The van der Waals surface area contributed by atoms with Crippen LogP contribution in [0.3, 0.4) is 0 Å². The van der Waals surface area contributed by atoms with Crippen LogP contribution in [-0.4, -0.2) is 29.7 Å². The molecule has 0 bridgehead atoms. The van der Waals surface area contributed by atoms with Crippen molar-refractivity contribution in [1.29, 1.82) is 5.26 Å². The summed E-state index contributed by atoms with van der Waals surface area (Å²) in [6.45, 7) is 4.01. The summed E-state index contributed by atoms with van der Waals surface area (Å²) in [7, 11) is 0. The SMILES string of the molecule is CCCCC(=O)NC(=O)NC(=O)/C(C#N)=C(/C)NCCBr. The van der Waals surface area contributed by atoms with Gasteiger partial charge in [0.2, 0.25) is 5.91 Å². The van der Waals surface area contributed by atoms with E-state index in [1.165, 1.54) is 0 Å². The summed E-state index contributed by atoms with van der Waals surface area (Å²) in [5.41, 5.74) is 0.159. The zero-order valence-electron chi connectivity index (χ0n) is 12.1. The van der Waals surface area contributed by atoms with Crippen molar-refractivity contribution in [1.82, 2.24) is 16.0 Å². The molecule has 0 aliphatic heterocycles. The van der Waals surface area contributed by atoms with Gasteiger partial charge in [0.25, 0.3) is 5.91 Å². The highest BCUT2D eigenvalue weighted by molar-refractivity contribution is 9.09. The number of imide groups is 2. The Balaban J connectivity index is 4.54. The van der Waals surface area contributed by atoms with Crippen molar-refractivity contribution >= 4 is 33.8 Å². The Morgan fingerprint density at radius 2 is 1.90 bits per heavy atom. The average Bonchev–Trinajstić information content (AvgIpc) is 2.43. The van der Waals surface area contributed by atoms with E-state index in [0.29, 0.717) is 24.0 Å². The Hall–Kier alpha value is -1.88. The molecular weight excluding hydrogens is 340 g/mol. The molecule has 0 saturated heterocycles. The number of nitrogens with one attached hydrogen (secondary N) is 3. The fraction of sp³-hybridized carbons (Fsp3) is 0.538. The summed E-state index contributed by atoms with van der Waals surface area (Å²) >= 11 is 3.20. The van der Waals surface area contributed by atoms with Gasteiger partial charge in [0.05, 0.1) is 0 Å². The predicted octanol–water partition coefficient (Wildman–Crippen LogP) is 1.31. The highest BCUT2D eigenvalue weighted by Crippen LogP contribution is 2.00. The van der Waals surface area contributed by atoms with E-state index < -0.39 is 17.8 Å². The molecular formula is C13H19BrN4O3. The minimum Gasteiger partial charge on any atom is -0.387 e. The van der Waals surface area contributed by atoms with Crippen molar-refractivity contribution in [2.75, 3.05) is 11.9 Å². The first kappa shape index (κ1) is 19.1. The van der Waals surface area contributed by atoms with Crippen LogP contribution in [0, 0.1) is 11.3 Å². The number of allylic oxidation sites excluding steroid dienone is 1. The Labute approximate surface area is 132 Å². The normalized spacial score (nSPS) is 11.0. The molecule has 0 aliphatic carbocycles. The number of amides is 4. The maximum Gasteiger partial charge on any atom is 0.328 e. The smallest absolute Gasteiger partial charge is 0.328 e. The number of urea groups is 1. The van der Waals surface area contributed by atoms with Crippen LogP contribution < -0.4 is 16.0 Å². The number of alkyl halides is 1. The molecule has 21 heavy (non-hydrogen) atoms. The number of nitrogens with zero attached hydrogens (tertiary/aromatic N) is 1. The molecule has 7 nitrogen and oxygen atoms in total. The molecule has 0 fully saturated rings. The van der Waals surface area contributed by atoms with Crippen LogP contribution in [-0.2, 0) is 9.59 Å². The number of halogens is 1. The van der Waals surface area contributed by atoms with E-state index in [1.807, 2.05) is 17.6 Å². The third kappa shape index (κ3) is 8.09. The van der Waals surface area contributed by atoms with Crippen LogP contribution in [0.1, 0.15) is 33.1 Å². The van der Waals surface area contributed by atoms with Gasteiger partial charge in [-0.15, -0.1) is 0 Å². The molecule has 0 unspecified atom stereocenters. The van der Waals surface area contributed by atoms with Gasteiger partial charge in [0.1, 0.15) is 11.6 Å². The van der Waals surface area contributed by atoms with Crippen LogP contribution in [0.5, 0.6) is 0 Å². The Kier molecular flexibility index (Phi) is 9.88. The second-order valence-electron chi connectivity index (χ2n) is 4.16. The number of hydrogen-bond donors (Lipinski definition) is 3. The lowest BCUT2D eigenvalue weighted by molar-refractivity contribution is -0.120. The molecule has 0 aromatic rings. The molecule has 0 saturated carbocycles. The van der Waals surface area contributed by atoms with Gasteiger partial charge in [-0.05, 0) is 13.3 Å². The molecule has 0 aliphatic rings. The van der Waals surface area contributed by atoms with E-state index >= 15 is 0 Å². The monoisotopic (exact) mass is 358 g/mol. The molecule has 0 radical (unpaired) electrons. The first-order valence-corrected chi connectivity index (χ1v) is 7.64. The maximum absolute atomic E-state index is 11.8. The van der Waals surface area contributed by atoms with Crippen molar-refractivity contribution in [2.45, 2.75) is 33.1 Å². The number of carbonyl (C=O) groups is 3. The Morgan fingerprint density at radius 1 is 1.24 bits per heavy atom. The zero-order valence-corrected chi connectivity index (χ0v) is 13.7. The van der Waals surface area contributed by atoms with Gasteiger partial charge < -0.3 is 5.32 Å². The summed E-state index contributed by atoms with van der Waals surface area (Å²) in [5.74, 6) is -1.31. The first-order valence-electron chi connectivity index (χ1n) is 6.52. The quantitative estimate of drug-likeness (QED) is 0.361. The lowest BCUT2D eigenvalue weighted by Crippen LogP contribution is -2.43. The fourth-order valence-corrected chi connectivity index (χ4v) is 1.55. The minimum atomic E-state index is -0.929. The van der Waals surface area contributed by atoms with Crippen molar-refractivity contribution in [3.8, 4) is 6.07 Å². The fourth-order valence-electron chi connectivity index (χ4n) is 1.35. The van der Waals surface area contributed by atoms with Crippen LogP contribution >= 0.6 is 15.9 Å². The number of rotatable bonds is 7. The van der Waals surface area contributed by atoms with Gasteiger partial charge in [0, 0.05) is 24.0 Å². The van der Waals surface area contributed by atoms with Crippen molar-refractivity contribution in [3.63, 3.8) is 0 Å². The molecule has 116 valence electrons. The lowest BCUT2D eigenvalue weighted by atomic mass is 10.2. The maximum atomic E-state index is 11.8. The second-order valence-corrected chi connectivity index (χ2v) is 4.96. The van der Waals surface area contributed by atoms with Crippen molar-refractivity contribution in [2.24, 2.45) is 0 Å². The standard InChI is InChI=1S/C13H19BrN4O3/c1-3-4-5-11(19)17-13(21)18-12(20)10(8-15)9(2)16-7-6-14/h16H,3-7H2,1-2H3,(H2,17,18,19,20,21)/b10-9-. The highest BCUT2D eigenvalue weighted by atomic mass is 79.9. The van der Waals surface area contributed by atoms with Crippen LogP contribution in [0.4, 0.5) is 4.79 Å². The number of hydrogen-bond acceptors (Lipinski definition) is 5. The highest BCUT2D eigenvalue weighted by Gasteiger charge is 2.17. The van der Waals surface area contributed by atoms with E-state index in [2.05, 4.69) is 21.2 Å². The average molecular weight is 359 g/mol. The van der Waals surface area contributed by atoms with Gasteiger partial charge in [-0.25, -0.2) is 4.79 Å². The lowest BCUT2D eigenvalue weighted by Gasteiger charge is -2.08. The molecule has 0 spiro atoms. The van der Waals surface area contributed by atoms with Gasteiger partial charge in [-0.1, -0.05) is 29.3 Å². The van der Waals surface area contributed by atoms with Gasteiger partial charge in [-0.2, -0.15) is 5.26 Å². The predicted molar refractivity (Wildman–Crippen MR) is 81.3 cm³/mol. The summed E-state index contributed by atoms with van der Waals surface area (Å²) < 4.78 is 0. The molecule has 0 aromatic carbocycles. The third-order valence-corrected chi connectivity index (χ3v) is 2.83. The van der Waals surface area contributed by atoms with E-state index in [9.17, 15) is 14.4 Å². The van der Waals surface area contributed by atoms with Gasteiger partial charge in [0.15, 0.2) is 0 Å². The molecule has 0 heterocycles. The summed E-state index contributed by atoms with van der Waals surface area (Å²) in [4.78, 5) is 34.6. The third-order valence-electron chi connectivity index (χ3n) is 2.44. The molecule has 3 N–H and O–H groups in total. The van der Waals surface area contributed by atoms with Crippen LogP contribution in [0.25, 0.3) is 0 Å². The molecule has 4 amide bonds. The summed E-state index contributed by atoms with van der Waals surface area (Å²) in [6.07, 6.45) is 1.70. The summed E-state index contributed by atoms with van der Waals surface area (Å²) in [6, 6.07) is 0.800. The largest absolute Gasteiger partial charge is 0.387 e. The summed E-state index contributed by atoms with van der Waals surface area (Å²) in [5, 5.41) is 16.5. The van der Waals surface area contributed by atoms with E-state index in [4.69, 9.17) is 5.26 Å². The Bertz CT molecular complexity index is 469. The van der Waals surface area contributed by atoms with Crippen molar-refractivity contribution in [3.05, 3.63) is 11.3 Å². The molecule has 0 rings (SSSR count). The molecule has 0 aromatic heterocycles. The second kappa shape index (κ2) is 10.9. The number of carbonyl (C=O) groups excluding carboxylic acids is 3. The zero-order chi connectivity index (χ0) is 16.3. The van der Waals surface area contributed by atoms with Crippen LogP contribution in [0.2, 0.25) is 0 Å². The van der Waals surface area contributed by atoms with E-state index in [-0.39, 0.29) is 12.0 Å². The van der Waals surface area contributed by atoms with Crippen molar-refractivity contribution < 1.29 is 14.4 Å². The van der Waals surface area contributed by atoms with E-state index in [0.717, 1.165) is 6.42 Å². The number of nitriles is 1. The first-order chi connectivity index (χ1) is 9.96.